The lowest BCUT2D eigenvalue weighted by Gasteiger charge is -2.30. The zero-order valence-corrected chi connectivity index (χ0v) is 10.7. The molecule has 0 bridgehead atoms. The second kappa shape index (κ2) is 4.79. The number of fused-ring (bicyclic) bond motifs is 1. The van der Waals surface area contributed by atoms with Crippen LogP contribution >= 0.6 is 0 Å². The van der Waals surface area contributed by atoms with Crippen LogP contribution in [0, 0.1) is 0 Å². The molecule has 1 N–H and O–H groups in total. The lowest BCUT2D eigenvalue weighted by atomic mass is 9.87. The van der Waals surface area contributed by atoms with E-state index in [9.17, 15) is 0 Å². The smallest absolute Gasteiger partial charge is 0.0239 e. The van der Waals surface area contributed by atoms with E-state index >= 15 is 0 Å². The van der Waals surface area contributed by atoms with Crippen LogP contribution < -0.4 is 5.32 Å². The third-order valence-electron chi connectivity index (χ3n) is 4.34. The monoisotopic (exact) mass is 230 g/mol. The Bertz CT molecular complexity index is 394. The first-order chi connectivity index (χ1) is 8.38. The van der Waals surface area contributed by atoms with Crippen molar-refractivity contribution in [1.29, 1.82) is 0 Å². The van der Waals surface area contributed by atoms with Gasteiger partial charge in [0.1, 0.15) is 0 Å². The summed E-state index contributed by atoms with van der Waals surface area (Å²) in [5, 5.41) is 3.49. The minimum Gasteiger partial charge on any atom is -0.316 e. The molecule has 17 heavy (non-hydrogen) atoms. The summed E-state index contributed by atoms with van der Waals surface area (Å²) in [6, 6.07) is 6.94. The molecule has 0 saturated carbocycles. The fourth-order valence-electron chi connectivity index (χ4n) is 3.24. The Morgan fingerprint density at radius 2 is 2.35 bits per heavy atom. The summed E-state index contributed by atoms with van der Waals surface area (Å²) < 4.78 is 0. The number of hydrogen-bond donors (Lipinski definition) is 1. The molecule has 1 aromatic carbocycles. The van der Waals surface area contributed by atoms with Crippen molar-refractivity contribution in [3.05, 3.63) is 34.9 Å². The molecule has 1 fully saturated rings. The zero-order valence-electron chi connectivity index (χ0n) is 10.7. The molecule has 1 saturated heterocycles. The topological polar surface area (TPSA) is 15.3 Å². The van der Waals surface area contributed by atoms with E-state index in [1.807, 2.05) is 0 Å². The molecule has 2 nitrogen and oxygen atoms in total. The summed E-state index contributed by atoms with van der Waals surface area (Å²) in [6.45, 7) is 8.20. The van der Waals surface area contributed by atoms with Crippen LogP contribution in [0.3, 0.4) is 0 Å². The van der Waals surface area contributed by atoms with Crippen LogP contribution in [-0.4, -0.2) is 31.1 Å². The minimum atomic E-state index is 0.752. The van der Waals surface area contributed by atoms with Crippen LogP contribution in [0.5, 0.6) is 0 Å². The van der Waals surface area contributed by atoms with E-state index in [2.05, 4.69) is 35.3 Å². The standard InChI is InChI=1S/C15H22N2/c1-2-17-9-7-12-4-3-5-14(15(12)11-17)13-6-8-16-10-13/h3-5,13,16H,2,6-11H2,1H3. The highest BCUT2D eigenvalue weighted by atomic mass is 15.1. The third kappa shape index (κ3) is 2.12. The van der Waals surface area contributed by atoms with Crippen LogP contribution in [0.1, 0.15) is 36.0 Å². The van der Waals surface area contributed by atoms with Gasteiger partial charge in [0, 0.05) is 19.6 Å². The fraction of sp³-hybridized carbons (Fsp3) is 0.600. The first-order valence-electron chi connectivity index (χ1n) is 6.92. The average Bonchev–Trinajstić information content (AvgIpc) is 2.91. The van der Waals surface area contributed by atoms with Gasteiger partial charge < -0.3 is 5.32 Å². The van der Waals surface area contributed by atoms with Crippen molar-refractivity contribution in [2.45, 2.75) is 32.2 Å². The molecule has 2 aliphatic rings. The van der Waals surface area contributed by atoms with Gasteiger partial charge in [0.05, 0.1) is 0 Å². The SMILES string of the molecule is CCN1CCc2cccc(C3CCNC3)c2C1. The van der Waals surface area contributed by atoms with Crippen molar-refractivity contribution in [2.75, 3.05) is 26.2 Å². The molecule has 3 rings (SSSR count). The van der Waals surface area contributed by atoms with Crippen LogP contribution in [0.2, 0.25) is 0 Å². The van der Waals surface area contributed by atoms with Gasteiger partial charge in [-0.2, -0.15) is 0 Å². The maximum absolute atomic E-state index is 3.49. The third-order valence-corrected chi connectivity index (χ3v) is 4.34. The first-order valence-corrected chi connectivity index (χ1v) is 6.92. The molecule has 2 heterocycles. The Hall–Kier alpha value is -0.860. The van der Waals surface area contributed by atoms with Crippen molar-refractivity contribution in [2.24, 2.45) is 0 Å². The van der Waals surface area contributed by atoms with Crippen molar-refractivity contribution in [3.8, 4) is 0 Å². The van der Waals surface area contributed by atoms with Gasteiger partial charge in [-0.1, -0.05) is 25.1 Å². The van der Waals surface area contributed by atoms with Gasteiger partial charge in [-0.05, 0) is 48.5 Å². The summed E-state index contributed by atoms with van der Waals surface area (Å²) in [5.74, 6) is 0.752. The van der Waals surface area contributed by atoms with Crippen LogP contribution in [0.4, 0.5) is 0 Å². The maximum Gasteiger partial charge on any atom is 0.0239 e. The van der Waals surface area contributed by atoms with Gasteiger partial charge in [-0.25, -0.2) is 0 Å². The van der Waals surface area contributed by atoms with Crippen LogP contribution in [0.15, 0.2) is 18.2 Å². The van der Waals surface area contributed by atoms with E-state index < -0.39 is 0 Å². The molecule has 1 aromatic rings. The zero-order chi connectivity index (χ0) is 11.7. The number of rotatable bonds is 2. The Labute approximate surface area is 104 Å². The van der Waals surface area contributed by atoms with Gasteiger partial charge in [-0.15, -0.1) is 0 Å². The Kier molecular flexibility index (Phi) is 3.17. The van der Waals surface area contributed by atoms with E-state index in [0.29, 0.717) is 0 Å². The quantitative estimate of drug-likeness (QED) is 0.837. The van der Waals surface area contributed by atoms with Crippen molar-refractivity contribution < 1.29 is 0 Å². The first kappa shape index (κ1) is 11.2. The minimum absolute atomic E-state index is 0.752. The fourth-order valence-corrected chi connectivity index (χ4v) is 3.24. The van der Waals surface area contributed by atoms with E-state index in [1.165, 1.54) is 45.6 Å². The molecule has 92 valence electrons. The van der Waals surface area contributed by atoms with E-state index in [1.54, 1.807) is 16.7 Å². The summed E-state index contributed by atoms with van der Waals surface area (Å²) in [5.41, 5.74) is 4.85. The predicted molar refractivity (Wildman–Crippen MR) is 71.3 cm³/mol. The van der Waals surface area contributed by atoms with E-state index in [0.717, 1.165) is 5.92 Å². The summed E-state index contributed by atoms with van der Waals surface area (Å²) in [7, 11) is 0. The molecule has 2 aliphatic heterocycles. The molecule has 0 spiro atoms. The number of benzene rings is 1. The molecule has 1 atom stereocenters. The Morgan fingerprint density at radius 1 is 1.41 bits per heavy atom. The lowest BCUT2D eigenvalue weighted by molar-refractivity contribution is 0.266. The van der Waals surface area contributed by atoms with Crippen molar-refractivity contribution >= 4 is 0 Å². The summed E-state index contributed by atoms with van der Waals surface area (Å²) >= 11 is 0. The van der Waals surface area contributed by atoms with Crippen LogP contribution in [0.25, 0.3) is 0 Å². The van der Waals surface area contributed by atoms with Crippen molar-refractivity contribution in [1.82, 2.24) is 10.2 Å². The Balaban J connectivity index is 1.93. The molecule has 0 aliphatic carbocycles. The highest BCUT2D eigenvalue weighted by Crippen LogP contribution is 2.30. The molecular formula is C15H22N2. The van der Waals surface area contributed by atoms with Crippen molar-refractivity contribution in [3.63, 3.8) is 0 Å². The van der Waals surface area contributed by atoms with Gasteiger partial charge >= 0.3 is 0 Å². The highest BCUT2D eigenvalue weighted by molar-refractivity contribution is 5.39. The van der Waals surface area contributed by atoms with Gasteiger partial charge in [-0.3, -0.25) is 4.90 Å². The number of nitrogens with zero attached hydrogens (tertiary/aromatic N) is 1. The van der Waals surface area contributed by atoms with Crippen LogP contribution in [-0.2, 0) is 13.0 Å². The second-order valence-corrected chi connectivity index (χ2v) is 5.29. The second-order valence-electron chi connectivity index (χ2n) is 5.29. The molecule has 0 radical (unpaired) electrons. The normalized spacial score (nSPS) is 24.9. The van der Waals surface area contributed by atoms with E-state index in [4.69, 9.17) is 0 Å². The lowest BCUT2D eigenvalue weighted by Crippen LogP contribution is -2.31. The summed E-state index contributed by atoms with van der Waals surface area (Å²) in [4.78, 5) is 2.56. The van der Waals surface area contributed by atoms with Gasteiger partial charge in [0.25, 0.3) is 0 Å². The molecule has 2 heteroatoms. The largest absolute Gasteiger partial charge is 0.316 e. The molecule has 1 unspecified atom stereocenters. The number of likely N-dealkylation sites (N-methyl/N-ethyl adjacent to an activating group) is 1. The number of nitrogens with one attached hydrogen (secondary N) is 1. The predicted octanol–water partition coefficient (Wildman–Crippen LogP) is 2.14. The molecular weight excluding hydrogens is 208 g/mol. The number of hydrogen-bond acceptors (Lipinski definition) is 2. The molecule has 0 aromatic heterocycles. The molecule has 0 amide bonds. The Morgan fingerprint density at radius 3 is 3.12 bits per heavy atom. The average molecular weight is 230 g/mol. The maximum atomic E-state index is 3.49. The van der Waals surface area contributed by atoms with E-state index in [-0.39, 0.29) is 0 Å². The summed E-state index contributed by atoms with van der Waals surface area (Å²) in [6.07, 6.45) is 2.54. The highest BCUT2D eigenvalue weighted by Gasteiger charge is 2.23. The van der Waals surface area contributed by atoms with Gasteiger partial charge in [0.2, 0.25) is 0 Å². The van der Waals surface area contributed by atoms with Gasteiger partial charge in [0.15, 0.2) is 0 Å².